The van der Waals surface area contributed by atoms with Crippen molar-refractivity contribution in [1.82, 2.24) is 19.5 Å². The van der Waals surface area contributed by atoms with Gasteiger partial charge < -0.3 is 19.9 Å². The van der Waals surface area contributed by atoms with Gasteiger partial charge in [0.2, 0.25) is 11.8 Å². The molecule has 0 unspecified atom stereocenters. The highest BCUT2D eigenvalue weighted by Gasteiger charge is 2.32. The summed E-state index contributed by atoms with van der Waals surface area (Å²) in [7, 11) is 0. The van der Waals surface area contributed by atoms with Crippen LogP contribution in [0.5, 0.6) is 5.75 Å². The molecule has 13 heteroatoms. The fraction of sp³-hybridized carbons (Fsp3) is 0.409. The number of nitrogens with zero attached hydrogens (tertiary/aromatic N) is 5. The number of hydrogen-bond acceptors (Lipinski definition) is 8. The highest BCUT2D eigenvalue weighted by molar-refractivity contribution is 5.57. The van der Waals surface area contributed by atoms with Crippen molar-refractivity contribution in [2.45, 2.75) is 44.6 Å². The molecule has 0 aliphatic heterocycles. The Kier molecular flexibility index (Phi) is 7.32. The van der Waals surface area contributed by atoms with Crippen molar-refractivity contribution in [3.63, 3.8) is 0 Å². The van der Waals surface area contributed by atoms with Gasteiger partial charge in [0.1, 0.15) is 11.9 Å². The maximum absolute atomic E-state index is 12.6. The number of para-hydroxylation sites is 1. The quantitative estimate of drug-likeness (QED) is 0.319. The van der Waals surface area contributed by atoms with Crippen LogP contribution in [0.4, 0.5) is 30.6 Å². The zero-order valence-corrected chi connectivity index (χ0v) is 18.6. The molecular formula is C22H24F3N7O3. The predicted octanol–water partition coefficient (Wildman–Crippen LogP) is 4.94. The normalized spacial score (nSPS) is 18.1. The van der Waals surface area contributed by atoms with Crippen molar-refractivity contribution in [2.24, 2.45) is 5.92 Å². The van der Waals surface area contributed by atoms with Gasteiger partial charge in [0.05, 0.1) is 11.3 Å². The zero-order chi connectivity index (χ0) is 24.8. The minimum atomic E-state index is -4.82. The van der Waals surface area contributed by atoms with E-state index in [-0.39, 0.29) is 35.3 Å². The molecule has 10 nitrogen and oxygen atoms in total. The van der Waals surface area contributed by atoms with E-state index in [0.717, 1.165) is 31.9 Å². The smallest absolute Gasteiger partial charge is 0.405 e. The second-order valence-electron chi connectivity index (χ2n) is 8.26. The molecule has 2 N–H and O–H groups in total. The Morgan fingerprint density at radius 1 is 1.17 bits per heavy atom. The first-order valence-electron chi connectivity index (χ1n) is 11.1. The first-order valence-corrected chi connectivity index (χ1v) is 11.1. The Hall–Kier alpha value is -3.90. The van der Waals surface area contributed by atoms with Gasteiger partial charge in [0.25, 0.3) is 0 Å². The summed E-state index contributed by atoms with van der Waals surface area (Å²) in [6.07, 6.45) is 5.66. The van der Waals surface area contributed by atoms with Crippen LogP contribution in [0.1, 0.15) is 37.3 Å². The monoisotopic (exact) mass is 491 g/mol. The zero-order valence-electron chi connectivity index (χ0n) is 18.6. The van der Waals surface area contributed by atoms with Crippen LogP contribution in [0.3, 0.4) is 0 Å². The predicted molar refractivity (Wildman–Crippen MR) is 121 cm³/mol. The standard InChI is InChI=1S/C22H24F3N7O3/c23-22(24,25)35-19-4-2-1-3-16(19)12-28-21-29-13-18(32(33)34)20(30-21)27-11-15-5-7-17(8-6-15)31-10-9-26-14-31/h1-4,9-10,13-15,17H,5-8,11-12H2,(H2,27,28,29,30)/t15-,17-. The van der Waals surface area contributed by atoms with Crippen LogP contribution in [-0.4, -0.2) is 37.3 Å². The largest absolute Gasteiger partial charge is 0.573 e. The Bertz CT molecular complexity index is 1130. The number of benzene rings is 1. The highest BCUT2D eigenvalue weighted by atomic mass is 19.4. The molecule has 2 heterocycles. The highest BCUT2D eigenvalue weighted by Crippen LogP contribution is 2.33. The molecule has 1 fully saturated rings. The van der Waals surface area contributed by atoms with Crippen molar-refractivity contribution in [2.75, 3.05) is 17.2 Å². The van der Waals surface area contributed by atoms with Crippen molar-refractivity contribution in [3.05, 3.63) is 64.9 Å². The Labute approximate surface area is 198 Å². The average molecular weight is 491 g/mol. The third-order valence-electron chi connectivity index (χ3n) is 5.92. The molecule has 1 aromatic carbocycles. The van der Waals surface area contributed by atoms with Gasteiger partial charge in [0.15, 0.2) is 0 Å². The van der Waals surface area contributed by atoms with Gasteiger partial charge in [0, 0.05) is 37.1 Å². The molecule has 0 radical (unpaired) electrons. The van der Waals surface area contributed by atoms with E-state index in [4.69, 9.17) is 0 Å². The second-order valence-corrected chi connectivity index (χ2v) is 8.26. The third kappa shape index (κ3) is 6.58. The van der Waals surface area contributed by atoms with Gasteiger partial charge in [-0.3, -0.25) is 10.1 Å². The van der Waals surface area contributed by atoms with E-state index in [2.05, 4.69) is 34.9 Å². The molecule has 1 aliphatic rings. The molecule has 4 rings (SSSR count). The molecule has 3 aromatic rings. The maximum Gasteiger partial charge on any atom is 0.573 e. The van der Waals surface area contributed by atoms with E-state index in [1.165, 1.54) is 18.2 Å². The number of anilines is 2. The van der Waals surface area contributed by atoms with Crippen LogP contribution in [0.15, 0.2) is 49.2 Å². The summed E-state index contributed by atoms with van der Waals surface area (Å²) in [6.45, 7) is 0.442. The number of nitrogens with one attached hydrogen (secondary N) is 2. The summed E-state index contributed by atoms with van der Waals surface area (Å²) in [5.41, 5.74) is -0.0422. The summed E-state index contributed by atoms with van der Waals surface area (Å²) in [5.74, 6) is 0.0824. The summed E-state index contributed by atoms with van der Waals surface area (Å²) in [5, 5.41) is 17.3. The van der Waals surface area contributed by atoms with Crippen LogP contribution in [0.25, 0.3) is 0 Å². The van der Waals surface area contributed by atoms with E-state index < -0.39 is 11.3 Å². The van der Waals surface area contributed by atoms with Gasteiger partial charge >= 0.3 is 12.0 Å². The molecule has 1 aliphatic carbocycles. The fourth-order valence-electron chi connectivity index (χ4n) is 4.15. The first kappa shape index (κ1) is 24.2. The van der Waals surface area contributed by atoms with Crippen molar-refractivity contribution < 1.29 is 22.8 Å². The summed E-state index contributed by atoms with van der Waals surface area (Å²) >= 11 is 0. The topological polar surface area (TPSA) is 120 Å². The number of alkyl halides is 3. The maximum atomic E-state index is 12.6. The Balaban J connectivity index is 1.38. The molecule has 0 atom stereocenters. The minimum absolute atomic E-state index is 0.0451. The van der Waals surface area contributed by atoms with Crippen molar-refractivity contribution in [3.8, 4) is 5.75 Å². The molecule has 0 spiro atoms. The van der Waals surface area contributed by atoms with Gasteiger partial charge in [-0.05, 0) is 37.7 Å². The lowest BCUT2D eigenvalue weighted by molar-refractivity contribution is -0.384. The Morgan fingerprint density at radius 3 is 2.63 bits per heavy atom. The molecule has 0 bridgehead atoms. The first-order chi connectivity index (χ1) is 16.8. The van der Waals surface area contributed by atoms with Crippen LogP contribution in [-0.2, 0) is 6.54 Å². The lowest BCUT2D eigenvalue weighted by Crippen LogP contribution is -2.23. The van der Waals surface area contributed by atoms with Crippen molar-refractivity contribution >= 4 is 17.5 Å². The Morgan fingerprint density at radius 2 is 1.94 bits per heavy atom. The summed E-state index contributed by atoms with van der Waals surface area (Å²) < 4.78 is 44.1. The van der Waals surface area contributed by atoms with E-state index >= 15 is 0 Å². The number of imidazole rings is 1. The van der Waals surface area contributed by atoms with Gasteiger partial charge in [-0.2, -0.15) is 4.98 Å². The summed E-state index contributed by atoms with van der Waals surface area (Å²) in [6, 6.07) is 6.08. The van der Waals surface area contributed by atoms with Gasteiger partial charge in [-0.1, -0.05) is 18.2 Å². The van der Waals surface area contributed by atoms with Crippen LogP contribution in [0, 0.1) is 16.0 Å². The summed E-state index contributed by atoms with van der Waals surface area (Å²) in [4.78, 5) is 23.1. The molecule has 35 heavy (non-hydrogen) atoms. The average Bonchev–Trinajstić information content (AvgIpc) is 3.36. The molecule has 1 saturated carbocycles. The minimum Gasteiger partial charge on any atom is -0.405 e. The lowest BCUT2D eigenvalue weighted by atomic mass is 9.86. The molecule has 186 valence electrons. The van der Waals surface area contributed by atoms with E-state index in [9.17, 15) is 23.3 Å². The molecule has 2 aromatic heterocycles. The van der Waals surface area contributed by atoms with Gasteiger partial charge in [-0.15, -0.1) is 13.2 Å². The van der Waals surface area contributed by atoms with Crippen LogP contribution >= 0.6 is 0 Å². The van der Waals surface area contributed by atoms with Crippen LogP contribution in [0.2, 0.25) is 0 Å². The lowest BCUT2D eigenvalue weighted by Gasteiger charge is -2.29. The van der Waals surface area contributed by atoms with Crippen LogP contribution < -0.4 is 15.4 Å². The second kappa shape index (κ2) is 10.6. The van der Waals surface area contributed by atoms with E-state index in [1.54, 1.807) is 12.3 Å². The fourth-order valence-corrected chi connectivity index (χ4v) is 4.15. The SMILES string of the molecule is O=[N+]([O-])c1cnc(NCc2ccccc2OC(F)(F)F)nc1NC[C@H]1CC[C@H](n2ccnc2)CC1. The van der Waals surface area contributed by atoms with Gasteiger partial charge in [-0.25, -0.2) is 9.97 Å². The van der Waals surface area contributed by atoms with Crippen molar-refractivity contribution in [1.29, 1.82) is 0 Å². The molecule has 0 saturated heterocycles. The van der Waals surface area contributed by atoms with E-state index in [1.807, 2.05) is 12.5 Å². The number of ether oxygens (including phenoxy) is 1. The molecule has 0 amide bonds. The number of halogens is 3. The number of aromatic nitrogens is 4. The number of rotatable bonds is 9. The number of nitro groups is 1. The third-order valence-corrected chi connectivity index (χ3v) is 5.92. The van der Waals surface area contributed by atoms with E-state index in [0.29, 0.717) is 18.5 Å². The number of hydrogen-bond donors (Lipinski definition) is 2. The molecular weight excluding hydrogens is 467 g/mol.